The van der Waals surface area contributed by atoms with Gasteiger partial charge in [-0.15, -0.1) is 11.3 Å². The van der Waals surface area contributed by atoms with Crippen LogP contribution in [0.1, 0.15) is 25.3 Å². The van der Waals surface area contributed by atoms with Crippen LogP contribution in [0.2, 0.25) is 0 Å². The Bertz CT molecular complexity index is 507. The summed E-state index contributed by atoms with van der Waals surface area (Å²) >= 11 is 1.65. The van der Waals surface area contributed by atoms with E-state index < -0.39 is 0 Å². The van der Waals surface area contributed by atoms with E-state index in [1.165, 1.54) is 0 Å². The van der Waals surface area contributed by atoms with Crippen molar-refractivity contribution in [2.24, 2.45) is 0 Å². The Morgan fingerprint density at radius 3 is 2.94 bits per heavy atom. The second kappa shape index (κ2) is 4.29. The molecule has 2 aromatic rings. The predicted octanol–water partition coefficient (Wildman–Crippen LogP) is 3.36. The summed E-state index contributed by atoms with van der Waals surface area (Å²) < 4.78 is 6.87. The average molecular weight is 236 g/mol. The van der Waals surface area contributed by atoms with Crippen LogP contribution in [0.4, 0.5) is 5.69 Å². The van der Waals surface area contributed by atoms with Gasteiger partial charge in [0.1, 0.15) is 5.75 Å². The molecule has 0 spiro atoms. The maximum atomic E-state index is 5.95. The van der Waals surface area contributed by atoms with Crippen molar-refractivity contribution in [1.82, 2.24) is 4.98 Å². The summed E-state index contributed by atoms with van der Waals surface area (Å²) in [5.74, 6) is 0.743. The molecule has 0 aliphatic heterocycles. The molecule has 1 aromatic carbocycles. The number of anilines is 1. The number of nitrogen functional groups attached to an aromatic ring is 1. The van der Waals surface area contributed by atoms with E-state index in [1.54, 1.807) is 11.3 Å². The molecule has 3 nitrogen and oxygen atoms in total. The van der Waals surface area contributed by atoms with Gasteiger partial charge >= 0.3 is 0 Å². The van der Waals surface area contributed by atoms with Gasteiger partial charge in [-0.05, 0) is 26.3 Å². The molecule has 1 aromatic heterocycles. The third-order valence-electron chi connectivity index (χ3n) is 2.53. The van der Waals surface area contributed by atoms with Gasteiger partial charge in [0.05, 0.1) is 27.0 Å². The Kier molecular flexibility index (Phi) is 3.01. The summed E-state index contributed by atoms with van der Waals surface area (Å²) in [7, 11) is 0. The zero-order chi connectivity index (χ0) is 11.7. The molecule has 0 aliphatic carbocycles. The molecule has 0 amide bonds. The Morgan fingerprint density at radius 2 is 2.25 bits per heavy atom. The first-order valence-corrected chi connectivity index (χ1v) is 6.25. The summed E-state index contributed by atoms with van der Waals surface area (Å²) in [6.45, 7) is 6.12. The first-order valence-electron chi connectivity index (χ1n) is 5.43. The molecular weight excluding hydrogens is 220 g/mol. The minimum atomic E-state index is 0.180. The van der Waals surface area contributed by atoms with Gasteiger partial charge in [-0.25, -0.2) is 4.98 Å². The summed E-state index contributed by atoms with van der Waals surface area (Å²) in [5, 5.41) is 1.05. The number of aromatic nitrogens is 1. The molecule has 1 atom stereocenters. The third-order valence-corrected chi connectivity index (χ3v) is 3.46. The molecule has 0 bridgehead atoms. The highest BCUT2D eigenvalue weighted by atomic mass is 32.1. The summed E-state index contributed by atoms with van der Waals surface area (Å²) in [5.41, 5.74) is 7.61. The first kappa shape index (κ1) is 11.2. The number of nitrogens with two attached hydrogens (primary N) is 1. The van der Waals surface area contributed by atoms with Gasteiger partial charge in [0, 0.05) is 6.07 Å². The van der Waals surface area contributed by atoms with Crippen LogP contribution in [0.25, 0.3) is 10.2 Å². The van der Waals surface area contributed by atoms with Crippen molar-refractivity contribution >= 4 is 27.2 Å². The average Bonchev–Trinajstić information content (AvgIpc) is 2.58. The number of thiazole rings is 1. The van der Waals surface area contributed by atoms with E-state index in [2.05, 4.69) is 11.9 Å². The van der Waals surface area contributed by atoms with Crippen molar-refractivity contribution in [1.29, 1.82) is 0 Å². The molecule has 16 heavy (non-hydrogen) atoms. The van der Waals surface area contributed by atoms with E-state index in [0.717, 1.165) is 27.4 Å². The Morgan fingerprint density at radius 1 is 1.50 bits per heavy atom. The Hall–Kier alpha value is -1.29. The zero-order valence-electron chi connectivity index (χ0n) is 9.78. The van der Waals surface area contributed by atoms with E-state index in [0.29, 0.717) is 5.69 Å². The number of nitrogens with zero attached hydrogens (tertiary/aromatic N) is 1. The molecule has 4 heteroatoms. The number of aryl methyl sites for hydroxylation is 1. The predicted molar refractivity (Wildman–Crippen MR) is 69.2 cm³/mol. The zero-order valence-corrected chi connectivity index (χ0v) is 10.6. The first-order chi connectivity index (χ1) is 7.60. The molecule has 1 heterocycles. The number of hydrogen-bond acceptors (Lipinski definition) is 4. The lowest BCUT2D eigenvalue weighted by Crippen LogP contribution is -2.10. The van der Waals surface area contributed by atoms with Crippen molar-refractivity contribution in [2.75, 3.05) is 5.73 Å². The largest absolute Gasteiger partial charge is 0.488 e. The maximum absolute atomic E-state index is 5.95. The highest BCUT2D eigenvalue weighted by Gasteiger charge is 2.09. The van der Waals surface area contributed by atoms with Crippen LogP contribution >= 0.6 is 11.3 Å². The van der Waals surface area contributed by atoms with Crippen LogP contribution < -0.4 is 10.5 Å². The fourth-order valence-corrected chi connectivity index (χ4v) is 2.35. The highest BCUT2D eigenvalue weighted by molar-refractivity contribution is 7.18. The molecule has 1 unspecified atom stereocenters. The second-order valence-corrected chi connectivity index (χ2v) is 5.16. The molecule has 86 valence electrons. The topological polar surface area (TPSA) is 48.1 Å². The van der Waals surface area contributed by atoms with Crippen molar-refractivity contribution in [3.8, 4) is 5.75 Å². The van der Waals surface area contributed by atoms with E-state index in [-0.39, 0.29) is 6.10 Å². The van der Waals surface area contributed by atoms with E-state index in [9.17, 15) is 0 Å². The molecule has 0 aliphatic rings. The molecular formula is C12H16N2OS. The number of hydrogen-bond donors (Lipinski definition) is 1. The van der Waals surface area contributed by atoms with Crippen molar-refractivity contribution < 1.29 is 4.74 Å². The number of fused-ring (bicyclic) bond motifs is 1. The van der Waals surface area contributed by atoms with Crippen LogP contribution in [0.15, 0.2) is 12.1 Å². The summed E-state index contributed by atoms with van der Waals surface area (Å²) in [6.07, 6.45) is 1.15. The van der Waals surface area contributed by atoms with E-state index in [1.807, 2.05) is 26.0 Å². The minimum Gasteiger partial charge on any atom is -0.488 e. The number of benzene rings is 1. The molecule has 2 N–H and O–H groups in total. The molecule has 0 radical (unpaired) electrons. The maximum Gasteiger partial charge on any atom is 0.144 e. The van der Waals surface area contributed by atoms with Gasteiger partial charge in [-0.3, -0.25) is 0 Å². The smallest absolute Gasteiger partial charge is 0.144 e. The molecule has 2 rings (SSSR count). The van der Waals surface area contributed by atoms with Gasteiger partial charge < -0.3 is 10.5 Å². The fraction of sp³-hybridized carbons (Fsp3) is 0.417. The summed E-state index contributed by atoms with van der Waals surface area (Å²) in [6, 6.07) is 3.87. The Labute approximate surface area is 99.3 Å². The van der Waals surface area contributed by atoms with E-state index in [4.69, 9.17) is 10.5 Å². The lowest BCUT2D eigenvalue weighted by molar-refractivity contribution is 0.219. The van der Waals surface area contributed by atoms with Gasteiger partial charge in [-0.1, -0.05) is 6.92 Å². The van der Waals surface area contributed by atoms with Gasteiger partial charge in [0.15, 0.2) is 0 Å². The quantitative estimate of drug-likeness (QED) is 0.831. The Balaban J connectivity index is 2.41. The van der Waals surface area contributed by atoms with Crippen LogP contribution in [0.5, 0.6) is 5.75 Å². The van der Waals surface area contributed by atoms with E-state index >= 15 is 0 Å². The van der Waals surface area contributed by atoms with Gasteiger partial charge in [0.25, 0.3) is 0 Å². The third kappa shape index (κ3) is 2.11. The SMILES string of the molecule is CCC(C)Oc1cc2nc(C)sc2cc1N. The van der Waals surface area contributed by atoms with Crippen LogP contribution in [-0.2, 0) is 0 Å². The highest BCUT2D eigenvalue weighted by Crippen LogP contribution is 2.31. The fourth-order valence-electron chi connectivity index (χ4n) is 1.49. The van der Waals surface area contributed by atoms with Crippen molar-refractivity contribution in [3.05, 3.63) is 17.1 Å². The van der Waals surface area contributed by atoms with Gasteiger partial charge in [-0.2, -0.15) is 0 Å². The number of ether oxygens (including phenoxy) is 1. The van der Waals surface area contributed by atoms with Crippen LogP contribution in [-0.4, -0.2) is 11.1 Å². The number of rotatable bonds is 3. The van der Waals surface area contributed by atoms with Crippen molar-refractivity contribution in [2.45, 2.75) is 33.3 Å². The second-order valence-electron chi connectivity index (χ2n) is 3.93. The molecule has 0 fully saturated rings. The van der Waals surface area contributed by atoms with Crippen LogP contribution in [0, 0.1) is 6.92 Å². The molecule has 0 saturated carbocycles. The van der Waals surface area contributed by atoms with Crippen LogP contribution in [0.3, 0.4) is 0 Å². The normalized spacial score (nSPS) is 12.9. The minimum absolute atomic E-state index is 0.180. The van der Waals surface area contributed by atoms with Gasteiger partial charge in [0.2, 0.25) is 0 Å². The lowest BCUT2D eigenvalue weighted by Gasteiger charge is -2.14. The summed E-state index contributed by atoms with van der Waals surface area (Å²) in [4.78, 5) is 4.43. The lowest BCUT2D eigenvalue weighted by atomic mass is 10.2. The standard InChI is InChI=1S/C12H16N2OS/c1-4-7(2)15-11-6-10-12(5-9(11)13)16-8(3)14-10/h5-7H,4,13H2,1-3H3. The van der Waals surface area contributed by atoms with Crippen molar-refractivity contribution in [3.63, 3.8) is 0 Å². The molecule has 0 saturated heterocycles. The monoisotopic (exact) mass is 236 g/mol.